The second kappa shape index (κ2) is 8.48. The van der Waals surface area contributed by atoms with Crippen LogP contribution in [0.15, 0.2) is 66.9 Å². The number of para-hydroxylation sites is 1. The minimum absolute atomic E-state index is 0.334. The van der Waals surface area contributed by atoms with Crippen LogP contribution in [0.3, 0.4) is 0 Å². The quantitative estimate of drug-likeness (QED) is 0.638. The lowest BCUT2D eigenvalue weighted by atomic mass is 10.1. The molecule has 4 nitrogen and oxygen atoms in total. The van der Waals surface area contributed by atoms with E-state index in [0.717, 1.165) is 24.5 Å². The highest BCUT2D eigenvalue weighted by Gasteiger charge is 2.14. The minimum atomic E-state index is 0.334. The van der Waals surface area contributed by atoms with Crippen molar-refractivity contribution in [1.82, 2.24) is 9.97 Å². The summed E-state index contributed by atoms with van der Waals surface area (Å²) in [5, 5.41) is 3.37. The van der Waals surface area contributed by atoms with Gasteiger partial charge in [0, 0.05) is 24.5 Å². The molecule has 26 heavy (non-hydrogen) atoms. The van der Waals surface area contributed by atoms with Crippen LogP contribution in [0.5, 0.6) is 0 Å². The standard InChI is InChI=1S/C22H26N4/c1-4-19-12-8-9-13-20(19)24-22-23-15-14-21(25-22)26(17(2)3)16-18-10-6-5-7-11-18/h5-15,17H,4,16H2,1-3H3,(H,23,24,25). The number of nitrogens with zero attached hydrogens (tertiary/aromatic N) is 3. The number of hydrogen-bond acceptors (Lipinski definition) is 4. The predicted molar refractivity (Wildman–Crippen MR) is 109 cm³/mol. The maximum atomic E-state index is 4.76. The van der Waals surface area contributed by atoms with Crippen molar-refractivity contribution < 1.29 is 0 Å². The van der Waals surface area contributed by atoms with E-state index in [4.69, 9.17) is 4.98 Å². The Kier molecular flexibility index (Phi) is 5.84. The van der Waals surface area contributed by atoms with Crippen LogP contribution in [0.4, 0.5) is 17.5 Å². The fourth-order valence-electron chi connectivity index (χ4n) is 2.95. The summed E-state index contributed by atoms with van der Waals surface area (Å²) in [6.07, 6.45) is 2.79. The van der Waals surface area contributed by atoms with Crippen molar-refractivity contribution in [3.63, 3.8) is 0 Å². The molecule has 0 aliphatic rings. The van der Waals surface area contributed by atoms with E-state index in [1.54, 1.807) is 0 Å². The van der Waals surface area contributed by atoms with Crippen molar-refractivity contribution in [2.45, 2.75) is 39.8 Å². The molecule has 0 amide bonds. The number of aromatic nitrogens is 2. The number of hydrogen-bond donors (Lipinski definition) is 1. The Balaban J connectivity index is 1.84. The molecule has 0 bridgehead atoms. The summed E-state index contributed by atoms with van der Waals surface area (Å²) in [5.41, 5.74) is 3.59. The third-order valence-corrected chi connectivity index (χ3v) is 4.40. The molecule has 1 N–H and O–H groups in total. The van der Waals surface area contributed by atoms with Gasteiger partial charge in [0.25, 0.3) is 0 Å². The first-order chi connectivity index (χ1) is 12.7. The molecule has 0 unspecified atom stereocenters. The molecule has 1 heterocycles. The SMILES string of the molecule is CCc1ccccc1Nc1nccc(N(Cc2ccccc2)C(C)C)n1. The number of anilines is 3. The zero-order valence-electron chi connectivity index (χ0n) is 15.7. The molecule has 0 saturated carbocycles. The van der Waals surface area contributed by atoms with Crippen molar-refractivity contribution in [3.8, 4) is 0 Å². The van der Waals surface area contributed by atoms with Gasteiger partial charge in [-0.05, 0) is 43.5 Å². The van der Waals surface area contributed by atoms with Crippen molar-refractivity contribution in [1.29, 1.82) is 0 Å². The third kappa shape index (κ3) is 4.39. The molecule has 134 valence electrons. The van der Waals surface area contributed by atoms with E-state index in [-0.39, 0.29) is 0 Å². The van der Waals surface area contributed by atoms with Crippen LogP contribution in [0.25, 0.3) is 0 Å². The largest absolute Gasteiger partial charge is 0.350 e. The van der Waals surface area contributed by atoms with Gasteiger partial charge in [-0.1, -0.05) is 55.5 Å². The van der Waals surface area contributed by atoms with Crippen LogP contribution < -0.4 is 10.2 Å². The van der Waals surface area contributed by atoms with Crippen molar-refractivity contribution in [3.05, 3.63) is 78.0 Å². The molecule has 0 spiro atoms. The lowest BCUT2D eigenvalue weighted by Crippen LogP contribution is -2.31. The van der Waals surface area contributed by atoms with E-state index in [1.807, 2.05) is 24.4 Å². The summed E-state index contributed by atoms with van der Waals surface area (Å²) in [7, 11) is 0. The summed E-state index contributed by atoms with van der Waals surface area (Å²) in [6.45, 7) is 7.34. The first-order valence-electron chi connectivity index (χ1n) is 9.16. The number of rotatable bonds is 7. The van der Waals surface area contributed by atoms with Crippen LogP contribution in [-0.4, -0.2) is 16.0 Å². The monoisotopic (exact) mass is 346 g/mol. The number of nitrogens with one attached hydrogen (secondary N) is 1. The zero-order chi connectivity index (χ0) is 18.4. The van der Waals surface area contributed by atoms with Gasteiger partial charge in [0.2, 0.25) is 5.95 Å². The minimum Gasteiger partial charge on any atom is -0.350 e. The number of aryl methyl sites for hydroxylation is 1. The molecule has 2 aromatic carbocycles. The van der Waals surface area contributed by atoms with Crippen LogP contribution in [-0.2, 0) is 13.0 Å². The maximum Gasteiger partial charge on any atom is 0.229 e. The predicted octanol–water partition coefficient (Wildman–Crippen LogP) is 5.20. The van der Waals surface area contributed by atoms with Crippen LogP contribution in [0.2, 0.25) is 0 Å². The van der Waals surface area contributed by atoms with Crippen molar-refractivity contribution in [2.24, 2.45) is 0 Å². The molecule has 3 aromatic rings. The van der Waals surface area contributed by atoms with Gasteiger partial charge in [0.05, 0.1) is 0 Å². The molecular weight excluding hydrogens is 320 g/mol. The fourth-order valence-corrected chi connectivity index (χ4v) is 2.95. The Morgan fingerprint density at radius 1 is 0.962 bits per heavy atom. The van der Waals surface area contributed by atoms with Gasteiger partial charge in [0.15, 0.2) is 0 Å². The lowest BCUT2D eigenvalue weighted by molar-refractivity contribution is 0.672. The fraction of sp³-hybridized carbons (Fsp3) is 0.273. The molecule has 3 rings (SSSR count). The van der Waals surface area contributed by atoms with Gasteiger partial charge < -0.3 is 10.2 Å². The van der Waals surface area contributed by atoms with Crippen molar-refractivity contribution in [2.75, 3.05) is 10.2 Å². The van der Waals surface area contributed by atoms with Gasteiger partial charge in [0.1, 0.15) is 5.82 Å². The van der Waals surface area contributed by atoms with E-state index in [0.29, 0.717) is 12.0 Å². The molecule has 0 fully saturated rings. The van der Waals surface area contributed by atoms with E-state index < -0.39 is 0 Å². The summed E-state index contributed by atoms with van der Waals surface area (Å²) in [5.74, 6) is 1.55. The molecular formula is C22H26N4. The maximum absolute atomic E-state index is 4.76. The van der Waals surface area contributed by atoms with Crippen LogP contribution in [0, 0.1) is 0 Å². The zero-order valence-corrected chi connectivity index (χ0v) is 15.7. The number of benzene rings is 2. The highest BCUT2D eigenvalue weighted by Crippen LogP contribution is 2.22. The van der Waals surface area contributed by atoms with Gasteiger partial charge in [-0.2, -0.15) is 4.98 Å². The second-order valence-corrected chi connectivity index (χ2v) is 6.58. The van der Waals surface area contributed by atoms with Gasteiger partial charge in [-0.25, -0.2) is 4.98 Å². The molecule has 0 aliphatic carbocycles. The Morgan fingerprint density at radius 2 is 1.69 bits per heavy atom. The molecule has 0 aliphatic heterocycles. The Morgan fingerprint density at radius 3 is 2.42 bits per heavy atom. The van der Waals surface area contributed by atoms with Crippen LogP contribution in [0.1, 0.15) is 31.9 Å². The second-order valence-electron chi connectivity index (χ2n) is 6.58. The average molecular weight is 346 g/mol. The summed E-state index contributed by atoms with van der Waals surface area (Å²) in [4.78, 5) is 11.5. The van der Waals surface area contributed by atoms with E-state index in [2.05, 4.69) is 78.4 Å². The topological polar surface area (TPSA) is 41.1 Å². The summed E-state index contributed by atoms with van der Waals surface area (Å²) < 4.78 is 0. The summed E-state index contributed by atoms with van der Waals surface area (Å²) in [6, 6.07) is 21.1. The lowest BCUT2D eigenvalue weighted by Gasteiger charge is -2.28. The Hall–Kier alpha value is -2.88. The third-order valence-electron chi connectivity index (χ3n) is 4.40. The summed E-state index contributed by atoms with van der Waals surface area (Å²) >= 11 is 0. The molecule has 0 radical (unpaired) electrons. The first-order valence-corrected chi connectivity index (χ1v) is 9.16. The van der Waals surface area contributed by atoms with Crippen molar-refractivity contribution >= 4 is 17.5 Å². The first kappa shape index (κ1) is 17.9. The molecule has 1 aromatic heterocycles. The van der Waals surface area contributed by atoms with E-state index in [1.165, 1.54) is 11.1 Å². The van der Waals surface area contributed by atoms with Gasteiger partial charge in [-0.3, -0.25) is 0 Å². The molecule has 0 saturated heterocycles. The van der Waals surface area contributed by atoms with Gasteiger partial charge >= 0.3 is 0 Å². The van der Waals surface area contributed by atoms with E-state index in [9.17, 15) is 0 Å². The molecule has 0 atom stereocenters. The van der Waals surface area contributed by atoms with E-state index >= 15 is 0 Å². The molecule has 4 heteroatoms. The normalized spacial score (nSPS) is 10.8. The van der Waals surface area contributed by atoms with Crippen LogP contribution >= 0.6 is 0 Å². The smallest absolute Gasteiger partial charge is 0.229 e. The average Bonchev–Trinajstić information content (AvgIpc) is 2.67. The Labute approximate surface area is 155 Å². The Bertz CT molecular complexity index is 830. The highest BCUT2D eigenvalue weighted by molar-refractivity contribution is 5.59. The van der Waals surface area contributed by atoms with Gasteiger partial charge in [-0.15, -0.1) is 0 Å². The highest BCUT2D eigenvalue weighted by atomic mass is 15.2.